The third-order valence-corrected chi connectivity index (χ3v) is 4.36. The molecule has 0 saturated carbocycles. The van der Waals surface area contributed by atoms with E-state index in [2.05, 4.69) is 30.1 Å². The lowest BCUT2D eigenvalue weighted by molar-refractivity contribution is 0.912. The summed E-state index contributed by atoms with van der Waals surface area (Å²) in [5.41, 5.74) is 5.52. The van der Waals surface area contributed by atoms with Crippen LogP contribution in [-0.2, 0) is 12.8 Å². The van der Waals surface area contributed by atoms with Crippen molar-refractivity contribution in [2.24, 2.45) is 0 Å². The van der Waals surface area contributed by atoms with Crippen molar-refractivity contribution in [1.82, 2.24) is 4.98 Å². The Morgan fingerprint density at radius 1 is 1.25 bits per heavy atom. The van der Waals surface area contributed by atoms with E-state index >= 15 is 0 Å². The van der Waals surface area contributed by atoms with Gasteiger partial charge in [-0.25, -0.2) is 0 Å². The number of aryl methyl sites for hydroxylation is 3. The van der Waals surface area contributed by atoms with Gasteiger partial charge in [-0.1, -0.05) is 12.1 Å². The van der Waals surface area contributed by atoms with Crippen LogP contribution >= 0.6 is 23.6 Å². The molecular formula is C13H13NS2. The first-order valence-corrected chi connectivity index (χ1v) is 6.78. The molecule has 1 aromatic carbocycles. The smallest absolute Gasteiger partial charge is 0.159 e. The van der Waals surface area contributed by atoms with Crippen LogP contribution in [0.3, 0.4) is 0 Å². The number of H-pyrrole nitrogens is 1. The summed E-state index contributed by atoms with van der Waals surface area (Å²) < 4.78 is 0.869. The maximum atomic E-state index is 5.18. The van der Waals surface area contributed by atoms with Crippen LogP contribution in [0.5, 0.6) is 0 Å². The Morgan fingerprint density at radius 2 is 2.06 bits per heavy atom. The van der Waals surface area contributed by atoms with Crippen LogP contribution in [-0.4, -0.2) is 4.98 Å². The van der Waals surface area contributed by atoms with E-state index in [1.807, 2.05) is 0 Å². The molecule has 0 amide bonds. The highest BCUT2D eigenvalue weighted by Crippen LogP contribution is 2.30. The quantitative estimate of drug-likeness (QED) is 0.744. The zero-order chi connectivity index (χ0) is 11.1. The Labute approximate surface area is 104 Å². The van der Waals surface area contributed by atoms with Crippen molar-refractivity contribution in [1.29, 1.82) is 0 Å². The molecule has 82 valence electrons. The monoisotopic (exact) mass is 247 g/mol. The first kappa shape index (κ1) is 10.2. The fraction of sp³-hybridized carbons (Fsp3) is 0.308. The number of rotatable bonds is 1. The number of aromatic nitrogens is 1. The van der Waals surface area contributed by atoms with Crippen molar-refractivity contribution in [3.8, 4) is 11.3 Å². The van der Waals surface area contributed by atoms with Gasteiger partial charge in [-0.15, -0.1) is 11.3 Å². The molecule has 1 heterocycles. The molecule has 0 radical (unpaired) electrons. The van der Waals surface area contributed by atoms with Gasteiger partial charge in [-0.2, -0.15) is 0 Å². The molecular weight excluding hydrogens is 234 g/mol. The zero-order valence-corrected chi connectivity index (χ0v) is 10.8. The van der Waals surface area contributed by atoms with E-state index in [1.165, 1.54) is 46.5 Å². The number of aromatic amines is 1. The number of thiazole rings is 1. The molecule has 1 aliphatic carbocycles. The number of fused-ring (bicyclic) bond motifs is 1. The van der Waals surface area contributed by atoms with Crippen LogP contribution in [0, 0.1) is 10.9 Å². The van der Waals surface area contributed by atoms with Crippen molar-refractivity contribution in [3.05, 3.63) is 38.2 Å². The molecule has 1 aromatic heterocycles. The average Bonchev–Trinajstić information content (AvgIpc) is 2.83. The molecule has 0 spiro atoms. The van der Waals surface area contributed by atoms with Crippen LogP contribution in [0.15, 0.2) is 18.2 Å². The van der Waals surface area contributed by atoms with Crippen LogP contribution < -0.4 is 0 Å². The summed E-state index contributed by atoms with van der Waals surface area (Å²) in [6, 6.07) is 6.80. The number of nitrogens with one attached hydrogen (secondary N) is 1. The Morgan fingerprint density at radius 3 is 2.81 bits per heavy atom. The molecule has 0 unspecified atom stereocenters. The lowest BCUT2D eigenvalue weighted by Crippen LogP contribution is -1.86. The van der Waals surface area contributed by atoms with Gasteiger partial charge in [-0.05, 0) is 61.2 Å². The predicted octanol–water partition coefficient (Wildman–Crippen LogP) is 4.27. The molecule has 0 fully saturated rings. The lowest BCUT2D eigenvalue weighted by Gasteiger charge is -2.04. The molecule has 1 aliphatic rings. The highest BCUT2D eigenvalue weighted by molar-refractivity contribution is 7.73. The summed E-state index contributed by atoms with van der Waals surface area (Å²) in [5, 5.41) is 0. The first-order valence-electron chi connectivity index (χ1n) is 5.56. The third kappa shape index (κ3) is 1.64. The van der Waals surface area contributed by atoms with E-state index in [0.29, 0.717) is 0 Å². The summed E-state index contributed by atoms with van der Waals surface area (Å²) in [4.78, 5) is 4.57. The average molecular weight is 247 g/mol. The van der Waals surface area contributed by atoms with Crippen LogP contribution in [0.25, 0.3) is 11.3 Å². The Bertz CT molecular complexity index is 592. The van der Waals surface area contributed by atoms with Crippen molar-refractivity contribution in [2.45, 2.75) is 26.2 Å². The van der Waals surface area contributed by atoms with Gasteiger partial charge in [0, 0.05) is 4.88 Å². The molecule has 0 atom stereocenters. The number of hydrogen-bond donors (Lipinski definition) is 1. The fourth-order valence-electron chi connectivity index (χ4n) is 2.41. The van der Waals surface area contributed by atoms with E-state index in [4.69, 9.17) is 12.2 Å². The van der Waals surface area contributed by atoms with E-state index in [0.717, 1.165) is 3.95 Å². The maximum absolute atomic E-state index is 5.18. The van der Waals surface area contributed by atoms with Gasteiger partial charge in [0.05, 0.1) is 5.69 Å². The molecule has 0 aliphatic heterocycles. The summed E-state index contributed by atoms with van der Waals surface area (Å²) in [5.74, 6) is 0. The molecule has 2 aromatic rings. The van der Waals surface area contributed by atoms with Crippen molar-refractivity contribution in [3.63, 3.8) is 0 Å². The van der Waals surface area contributed by atoms with Gasteiger partial charge in [0.25, 0.3) is 0 Å². The van der Waals surface area contributed by atoms with Gasteiger partial charge < -0.3 is 4.98 Å². The largest absolute Gasteiger partial charge is 0.337 e. The van der Waals surface area contributed by atoms with Crippen LogP contribution in [0.1, 0.15) is 22.4 Å². The Kier molecular flexibility index (Phi) is 2.45. The summed E-state index contributed by atoms with van der Waals surface area (Å²) in [6.45, 7) is 2.12. The molecule has 1 N–H and O–H groups in total. The van der Waals surface area contributed by atoms with Gasteiger partial charge in [0.1, 0.15) is 0 Å². The predicted molar refractivity (Wildman–Crippen MR) is 71.7 cm³/mol. The molecule has 3 heteroatoms. The minimum absolute atomic E-state index is 0.869. The van der Waals surface area contributed by atoms with Gasteiger partial charge >= 0.3 is 0 Å². The molecule has 0 saturated heterocycles. The van der Waals surface area contributed by atoms with E-state index in [1.54, 1.807) is 11.3 Å². The van der Waals surface area contributed by atoms with Gasteiger partial charge in [0.15, 0.2) is 3.95 Å². The number of benzene rings is 1. The summed E-state index contributed by atoms with van der Waals surface area (Å²) in [7, 11) is 0. The highest BCUT2D eigenvalue weighted by Gasteiger charge is 2.12. The van der Waals surface area contributed by atoms with Crippen molar-refractivity contribution in [2.75, 3.05) is 0 Å². The Balaban J connectivity index is 2.14. The fourth-order valence-corrected chi connectivity index (χ4v) is 3.59. The van der Waals surface area contributed by atoms with Crippen LogP contribution in [0.2, 0.25) is 0 Å². The van der Waals surface area contributed by atoms with E-state index in [9.17, 15) is 0 Å². The van der Waals surface area contributed by atoms with Gasteiger partial charge in [0.2, 0.25) is 0 Å². The molecule has 0 bridgehead atoms. The summed E-state index contributed by atoms with van der Waals surface area (Å²) >= 11 is 6.84. The molecule has 1 nitrogen and oxygen atoms in total. The van der Waals surface area contributed by atoms with Crippen molar-refractivity contribution < 1.29 is 0 Å². The molecule has 16 heavy (non-hydrogen) atoms. The normalized spacial score (nSPS) is 14.1. The second-order valence-electron chi connectivity index (χ2n) is 4.28. The third-order valence-electron chi connectivity index (χ3n) is 3.21. The van der Waals surface area contributed by atoms with Crippen molar-refractivity contribution >= 4 is 23.6 Å². The number of hydrogen-bond acceptors (Lipinski definition) is 2. The van der Waals surface area contributed by atoms with Gasteiger partial charge in [-0.3, -0.25) is 0 Å². The highest BCUT2D eigenvalue weighted by atomic mass is 32.1. The second kappa shape index (κ2) is 3.82. The lowest BCUT2D eigenvalue weighted by atomic mass is 10.0. The SMILES string of the molecule is Cc1sc(=S)[nH]c1-c1ccc2c(c1)CCC2. The second-order valence-corrected chi connectivity index (χ2v) is 6.17. The molecule has 3 rings (SSSR count). The van der Waals surface area contributed by atoms with Crippen LogP contribution in [0.4, 0.5) is 0 Å². The Hall–Kier alpha value is -0.930. The minimum atomic E-state index is 0.869. The summed E-state index contributed by atoms with van der Waals surface area (Å²) in [6.07, 6.45) is 3.78. The van der Waals surface area contributed by atoms with E-state index in [-0.39, 0.29) is 0 Å². The first-order chi connectivity index (χ1) is 7.74. The minimum Gasteiger partial charge on any atom is -0.337 e. The topological polar surface area (TPSA) is 15.8 Å². The maximum Gasteiger partial charge on any atom is 0.159 e. The zero-order valence-electron chi connectivity index (χ0n) is 9.17. The standard InChI is InChI=1S/C13H13NS2/c1-8-12(14-13(15)16-8)11-6-5-9-3-2-4-10(9)7-11/h5-7H,2-4H2,1H3,(H,14,15). The van der Waals surface area contributed by atoms with E-state index < -0.39 is 0 Å².